The third-order valence-electron chi connectivity index (χ3n) is 3.23. The normalized spacial score (nSPS) is 11.1. The largest absolute Gasteiger partial charge is 0.722 e. The number of rotatable bonds is 1. The van der Waals surface area contributed by atoms with E-state index in [1.807, 2.05) is 49.4 Å². The standard InChI is InChI=1S/C15H12N2O.FHO3S/c1-9-5-4-8-12-13(9)14(15(16)18)10-6-2-3-7-11(10)17-12;1-5(2,3)4/h2-8H,1H3,(H2,16,18);(H,2,3,4). The molecule has 0 radical (unpaired) electrons. The molecule has 1 amide bonds. The summed E-state index contributed by atoms with van der Waals surface area (Å²) in [5.41, 5.74) is 9.06. The van der Waals surface area contributed by atoms with E-state index >= 15 is 0 Å². The van der Waals surface area contributed by atoms with Gasteiger partial charge < -0.3 is 10.3 Å². The quantitative estimate of drug-likeness (QED) is 0.413. The first kappa shape index (κ1) is 16.8. The summed E-state index contributed by atoms with van der Waals surface area (Å²) < 4.78 is 35.3. The topological polar surface area (TPSA) is 114 Å². The van der Waals surface area contributed by atoms with Gasteiger partial charge in [0.05, 0.1) is 16.3 Å². The minimum atomic E-state index is -5.42. The molecule has 0 spiro atoms. The lowest BCUT2D eigenvalue weighted by molar-refractivity contribution is -0.310. The lowest BCUT2D eigenvalue weighted by Crippen LogP contribution is -2.17. The van der Waals surface area contributed by atoms with Gasteiger partial charge in [-0.3, -0.25) is 4.79 Å². The zero-order chi connectivity index (χ0) is 17.2. The van der Waals surface area contributed by atoms with E-state index < -0.39 is 10.5 Å². The number of hydrogen-bond donors (Lipinski definition) is 1. The molecular formula is C15H13FN2O4S. The van der Waals surface area contributed by atoms with Crippen molar-refractivity contribution in [2.24, 2.45) is 5.73 Å². The van der Waals surface area contributed by atoms with Crippen molar-refractivity contribution in [3.05, 3.63) is 53.6 Å². The van der Waals surface area contributed by atoms with Crippen LogP contribution in [0.4, 0.5) is 3.89 Å². The Labute approximate surface area is 131 Å². The SMILES string of the molecule is Cc1cccc2[nH+]c3ccccc3c(C(N)=O)c12.O=S(=O)([O-])F. The van der Waals surface area contributed by atoms with Crippen LogP contribution in [0.5, 0.6) is 0 Å². The van der Waals surface area contributed by atoms with E-state index in [1.54, 1.807) is 0 Å². The molecule has 0 bridgehead atoms. The van der Waals surface area contributed by atoms with Crippen LogP contribution < -0.4 is 10.7 Å². The first-order valence-electron chi connectivity index (χ1n) is 6.47. The number of hydrogen-bond acceptors (Lipinski definition) is 4. The summed E-state index contributed by atoms with van der Waals surface area (Å²) in [7, 11) is -5.42. The van der Waals surface area contributed by atoms with Crippen LogP contribution >= 0.6 is 0 Å². The summed E-state index contributed by atoms with van der Waals surface area (Å²) in [6.07, 6.45) is 0. The van der Waals surface area contributed by atoms with E-state index in [0.29, 0.717) is 5.56 Å². The van der Waals surface area contributed by atoms with Crippen LogP contribution in [0, 0.1) is 6.92 Å². The molecule has 0 aliphatic heterocycles. The molecule has 0 saturated heterocycles. The van der Waals surface area contributed by atoms with Crippen molar-refractivity contribution in [1.29, 1.82) is 0 Å². The van der Waals surface area contributed by atoms with Crippen LogP contribution in [-0.4, -0.2) is 18.9 Å². The fourth-order valence-corrected chi connectivity index (χ4v) is 2.45. The summed E-state index contributed by atoms with van der Waals surface area (Å²) in [6, 6.07) is 13.6. The number of pyridine rings is 1. The molecule has 120 valence electrons. The van der Waals surface area contributed by atoms with Gasteiger partial charge in [-0.15, -0.1) is 3.89 Å². The Kier molecular flexibility index (Phi) is 4.57. The van der Waals surface area contributed by atoms with Crippen LogP contribution in [0.1, 0.15) is 15.9 Å². The highest BCUT2D eigenvalue weighted by molar-refractivity contribution is 7.80. The monoisotopic (exact) mass is 336 g/mol. The fraction of sp³-hybridized carbons (Fsp3) is 0.0667. The van der Waals surface area contributed by atoms with Crippen molar-refractivity contribution in [3.8, 4) is 0 Å². The molecule has 3 aromatic rings. The maximum Gasteiger partial charge on any atom is 0.255 e. The van der Waals surface area contributed by atoms with Crippen molar-refractivity contribution in [1.82, 2.24) is 0 Å². The van der Waals surface area contributed by atoms with Gasteiger partial charge in [0.25, 0.3) is 10.5 Å². The van der Waals surface area contributed by atoms with E-state index in [2.05, 4.69) is 4.98 Å². The average Bonchev–Trinajstić information content (AvgIpc) is 2.43. The number of aromatic amines is 1. The summed E-state index contributed by atoms with van der Waals surface area (Å²) >= 11 is 0. The van der Waals surface area contributed by atoms with E-state index in [-0.39, 0.29) is 5.91 Å². The average molecular weight is 336 g/mol. The highest BCUT2D eigenvalue weighted by Crippen LogP contribution is 2.25. The number of carbonyl (C=O) groups excluding carboxylic acids is 1. The summed E-state index contributed by atoms with van der Waals surface area (Å²) in [4.78, 5) is 15.1. The molecular weight excluding hydrogens is 323 g/mol. The van der Waals surface area contributed by atoms with E-state index in [0.717, 1.165) is 27.4 Å². The zero-order valence-electron chi connectivity index (χ0n) is 12.0. The Morgan fingerprint density at radius 3 is 2.30 bits per heavy atom. The van der Waals surface area contributed by atoms with Crippen molar-refractivity contribution < 1.29 is 26.6 Å². The van der Waals surface area contributed by atoms with Crippen molar-refractivity contribution in [2.45, 2.75) is 6.92 Å². The smallest absolute Gasteiger partial charge is 0.255 e. The van der Waals surface area contributed by atoms with Gasteiger partial charge in [0.2, 0.25) is 16.9 Å². The first-order valence-corrected chi connectivity index (χ1v) is 7.78. The Bertz CT molecular complexity index is 995. The second kappa shape index (κ2) is 6.27. The molecule has 6 nitrogen and oxygen atoms in total. The van der Waals surface area contributed by atoms with Crippen LogP contribution in [0.25, 0.3) is 21.8 Å². The molecule has 23 heavy (non-hydrogen) atoms. The van der Waals surface area contributed by atoms with Gasteiger partial charge in [-0.2, -0.15) is 0 Å². The van der Waals surface area contributed by atoms with Gasteiger partial charge >= 0.3 is 0 Å². The second-order valence-corrected chi connectivity index (χ2v) is 5.59. The number of aromatic nitrogens is 1. The highest BCUT2D eigenvalue weighted by atomic mass is 32.3. The summed E-state index contributed by atoms with van der Waals surface area (Å²) in [5.74, 6) is -0.389. The van der Waals surface area contributed by atoms with Gasteiger partial charge in [-0.05, 0) is 18.6 Å². The zero-order valence-corrected chi connectivity index (χ0v) is 12.9. The number of amides is 1. The minimum Gasteiger partial charge on any atom is -0.722 e. The number of carbonyl (C=O) groups is 1. The second-order valence-electron chi connectivity index (χ2n) is 4.80. The number of halogens is 1. The third-order valence-corrected chi connectivity index (χ3v) is 3.23. The van der Waals surface area contributed by atoms with E-state index in [9.17, 15) is 8.68 Å². The third kappa shape index (κ3) is 3.99. The molecule has 0 fully saturated rings. The molecule has 3 rings (SSSR count). The maximum absolute atomic E-state index is 11.8. The van der Waals surface area contributed by atoms with E-state index in [1.165, 1.54) is 0 Å². The number of nitrogens with two attached hydrogens (primary N) is 1. The molecule has 8 heteroatoms. The van der Waals surface area contributed by atoms with Crippen molar-refractivity contribution >= 4 is 38.2 Å². The molecule has 0 saturated carbocycles. The van der Waals surface area contributed by atoms with Gasteiger partial charge in [-0.25, -0.2) is 13.4 Å². The number of benzene rings is 2. The number of para-hydroxylation sites is 1. The lowest BCUT2D eigenvalue weighted by Gasteiger charge is -2.05. The number of fused-ring (bicyclic) bond motifs is 2. The molecule has 0 atom stereocenters. The van der Waals surface area contributed by atoms with Crippen LogP contribution in [0.15, 0.2) is 42.5 Å². The minimum absolute atomic E-state index is 0.389. The molecule has 0 aliphatic carbocycles. The van der Waals surface area contributed by atoms with Gasteiger partial charge in [-0.1, -0.05) is 24.3 Å². The van der Waals surface area contributed by atoms with Crippen LogP contribution in [0.3, 0.4) is 0 Å². The van der Waals surface area contributed by atoms with Gasteiger partial charge in [0.15, 0.2) is 0 Å². The van der Waals surface area contributed by atoms with Crippen molar-refractivity contribution in [2.75, 3.05) is 0 Å². The van der Waals surface area contributed by atoms with Crippen LogP contribution in [-0.2, 0) is 10.5 Å². The van der Waals surface area contributed by atoms with Gasteiger partial charge in [0, 0.05) is 12.1 Å². The maximum atomic E-state index is 11.8. The predicted molar refractivity (Wildman–Crippen MR) is 82.1 cm³/mol. The molecule has 1 aromatic heterocycles. The Hall–Kier alpha value is -2.58. The number of primary amides is 1. The molecule has 0 aliphatic rings. The Balaban J connectivity index is 0.000000338. The Morgan fingerprint density at radius 1 is 1.13 bits per heavy atom. The number of H-pyrrole nitrogens is 1. The van der Waals surface area contributed by atoms with Crippen LogP contribution in [0.2, 0.25) is 0 Å². The molecule has 0 unspecified atom stereocenters. The lowest BCUT2D eigenvalue weighted by atomic mass is 9.99. The molecule has 3 N–H and O–H groups in total. The highest BCUT2D eigenvalue weighted by Gasteiger charge is 2.18. The summed E-state index contributed by atoms with van der Waals surface area (Å²) in [6.45, 7) is 1.98. The predicted octanol–water partition coefficient (Wildman–Crippen LogP) is 1.63. The Morgan fingerprint density at radius 2 is 1.70 bits per heavy atom. The van der Waals surface area contributed by atoms with Crippen molar-refractivity contribution in [3.63, 3.8) is 0 Å². The van der Waals surface area contributed by atoms with E-state index in [4.69, 9.17) is 18.7 Å². The number of nitrogens with one attached hydrogen (secondary N) is 1. The summed E-state index contributed by atoms with van der Waals surface area (Å²) in [5, 5.41) is 1.77. The number of aryl methyl sites for hydroxylation is 1. The van der Waals surface area contributed by atoms with Gasteiger partial charge in [0.1, 0.15) is 0 Å². The molecule has 1 heterocycles. The fourth-order valence-electron chi connectivity index (χ4n) is 2.45. The first-order chi connectivity index (χ1) is 10.7. The molecule has 2 aromatic carbocycles.